The van der Waals surface area contributed by atoms with Gasteiger partial charge in [-0.3, -0.25) is 4.90 Å². The van der Waals surface area contributed by atoms with Crippen molar-refractivity contribution >= 4 is 22.5 Å². The number of piperazine rings is 1. The van der Waals surface area contributed by atoms with E-state index in [0.29, 0.717) is 0 Å². The molecule has 6 aromatic rings. The molecule has 1 aliphatic carbocycles. The second-order valence-electron chi connectivity index (χ2n) is 14.0. The average molecular weight is 625 g/mol. The SMILES string of the molecule is CC1(C)c2ccccc2-c2c1c1c(c3ccccc23)OC(c2ccccc2)(c2ccc(N3CCN(Cc4ccccc4)CC3)cc2)C=C1. The van der Waals surface area contributed by atoms with Crippen LogP contribution in [0.25, 0.3) is 28.0 Å². The van der Waals surface area contributed by atoms with Gasteiger partial charge in [0.1, 0.15) is 5.75 Å². The molecule has 1 atom stereocenters. The molecule has 236 valence electrons. The first-order chi connectivity index (χ1) is 23.5. The van der Waals surface area contributed by atoms with Crippen LogP contribution in [0.1, 0.15) is 47.2 Å². The molecule has 3 nitrogen and oxygen atoms in total. The van der Waals surface area contributed by atoms with Crippen LogP contribution in [0.3, 0.4) is 0 Å². The quantitative estimate of drug-likeness (QED) is 0.190. The fourth-order valence-corrected chi connectivity index (χ4v) is 8.49. The Morgan fingerprint density at radius 2 is 1.25 bits per heavy atom. The maximum absolute atomic E-state index is 7.47. The summed E-state index contributed by atoms with van der Waals surface area (Å²) in [5.41, 5.74) is 10.6. The van der Waals surface area contributed by atoms with Gasteiger partial charge in [-0.2, -0.15) is 0 Å². The number of hydrogen-bond acceptors (Lipinski definition) is 3. The van der Waals surface area contributed by atoms with Crippen LogP contribution in [0.5, 0.6) is 5.75 Å². The molecule has 0 radical (unpaired) electrons. The van der Waals surface area contributed by atoms with Crippen LogP contribution in [0.15, 0.2) is 140 Å². The van der Waals surface area contributed by atoms with E-state index in [0.717, 1.165) is 55.0 Å². The number of fused-ring (bicyclic) bond motifs is 8. The van der Waals surface area contributed by atoms with Gasteiger partial charge in [-0.1, -0.05) is 141 Å². The van der Waals surface area contributed by atoms with Crippen molar-refractivity contribution < 1.29 is 4.74 Å². The van der Waals surface area contributed by atoms with Gasteiger partial charge in [-0.25, -0.2) is 0 Å². The predicted octanol–water partition coefficient (Wildman–Crippen LogP) is 9.82. The molecule has 1 fully saturated rings. The van der Waals surface area contributed by atoms with Crippen molar-refractivity contribution in [1.29, 1.82) is 0 Å². The summed E-state index contributed by atoms with van der Waals surface area (Å²) < 4.78 is 7.47. The molecular weight excluding hydrogens is 585 g/mol. The molecule has 2 heterocycles. The first kappa shape index (κ1) is 29.1. The Balaban J connectivity index is 1.10. The van der Waals surface area contributed by atoms with Crippen molar-refractivity contribution in [2.75, 3.05) is 31.1 Å². The van der Waals surface area contributed by atoms with Crippen molar-refractivity contribution in [3.63, 3.8) is 0 Å². The highest BCUT2D eigenvalue weighted by atomic mass is 16.5. The fraction of sp³-hybridized carbons (Fsp3) is 0.200. The molecule has 2 aliphatic heterocycles. The van der Waals surface area contributed by atoms with Gasteiger partial charge in [0.25, 0.3) is 0 Å². The Kier molecular flexibility index (Phi) is 6.81. The third-order valence-electron chi connectivity index (χ3n) is 10.9. The molecular formula is C45H40N2O. The largest absolute Gasteiger partial charge is 0.472 e. The minimum Gasteiger partial charge on any atom is -0.472 e. The number of nitrogens with zero attached hydrogens (tertiary/aromatic N) is 2. The normalized spacial score (nSPS) is 19.4. The zero-order valence-electron chi connectivity index (χ0n) is 27.7. The highest BCUT2D eigenvalue weighted by Crippen LogP contribution is 2.58. The van der Waals surface area contributed by atoms with Crippen molar-refractivity contribution in [3.05, 3.63) is 173 Å². The van der Waals surface area contributed by atoms with Gasteiger partial charge in [0.05, 0.1) is 0 Å². The van der Waals surface area contributed by atoms with Crippen molar-refractivity contribution in [3.8, 4) is 16.9 Å². The van der Waals surface area contributed by atoms with Gasteiger partial charge in [0, 0.05) is 65.9 Å². The lowest BCUT2D eigenvalue weighted by atomic mass is 9.77. The van der Waals surface area contributed by atoms with Gasteiger partial charge in [-0.05, 0) is 51.4 Å². The predicted molar refractivity (Wildman–Crippen MR) is 199 cm³/mol. The van der Waals surface area contributed by atoms with Gasteiger partial charge >= 0.3 is 0 Å². The number of hydrogen-bond donors (Lipinski definition) is 0. The molecule has 0 saturated carbocycles. The minimum absolute atomic E-state index is 0.146. The highest BCUT2D eigenvalue weighted by molar-refractivity contribution is 6.08. The van der Waals surface area contributed by atoms with E-state index in [2.05, 4.69) is 169 Å². The highest BCUT2D eigenvalue weighted by Gasteiger charge is 2.44. The molecule has 1 saturated heterocycles. The third kappa shape index (κ3) is 4.52. The molecule has 0 bridgehead atoms. The van der Waals surface area contributed by atoms with Crippen molar-refractivity contribution in [2.45, 2.75) is 31.4 Å². The Bertz CT molecular complexity index is 2160. The summed E-state index contributed by atoms with van der Waals surface area (Å²) in [6.45, 7) is 9.90. The third-order valence-corrected chi connectivity index (χ3v) is 10.9. The zero-order chi connectivity index (χ0) is 32.3. The number of benzene rings is 6. The maximum Gasteiger partial charge on any atom is 0.178 e. The number of ether oxygens (including phenoxy) is 1. The summed E-state index contributed by atoms with van der Waals surface area (Å²) >= 11 is 0. The molecule has 9 rings (SSSR count). The molecule has 6 aromatic carbocycles. The summed E-state index contributed by atoms with van der Waals surface area (Å²) in [6, 6.07) is 48.4. The second kappa shape index (κ2) is 11.2. The van der Waals surface area contributed by atoms with E-state index in [4.69, 9.17) is 4.74 Å². The van der Waals surface area contributed by atoms with E-state index in [1.54, 1.807) is 0 Å². The van der Waals surface area contributed by atoms with Crippen LogP contribution in [0.4, 0.5) is 5.69 Å². The van der Waals surface area contributed by atoms with Crippen LogP contribution >= 0.6 is 0 Å². The average Bonchev–Trinajstić information content (AvgIpc) is 3.39. The lowest BCUT2D eigenvalue weighted by Crippen LogP contribution is -2.46. The van der Waals surface area contributed by atoms with E-state index in [9.17, 15) is 0 Å². The van der Waals surface area contributed by atoms with Crippen LogP contribution in [0, 0.1) is 0 Å². The Morgan fingerprint density at radius 1 is 0.625 bits per heavy atom. The standard InChI is InChI=1S/C45H40N2O/c1-44(2)40-20-12-11-19-38(40)41-36-17-9-10-18-37(36)43-39(42(41)44)25-26-45(48-43,33-15-7-4-8-16-33)34-21-23-35(24-22-34)47-29-27-46(28-30-47)31-32-13-5-3-6-14-32/h3-26H,27-31H2,1-2H3. The van der Waals surface area contributed by atoms with E-state index in [1.807, 2.05) is 0 Å². The number of rotatable bonds is 5. The first-order valence-electron chi connectivity index (χ1n) is 17.3. The molecule has 0 aromatic heterocycles. The number of anilines is 1. The van der Waals surface area contributed by atoms with Crippen molar-refractivity contribution in [1.82, 2.24) is 4.90 Å². The lowest BCUT2D eigenvalue weighted by Gasteiger charge is -2.39. The molecule has 0 N–H and O–H groups in total. The lowest BCUT2D eigenvalue weighted by molar-refractivity contribution is 0.163. The van der Waals surface area contributed by atoms with E-state index < -0.39 is 5.60 Å². The Morgan fingerprint density at radius 3 is 2.00 bits per heavy atom. The van der Waals surface area contributed by atoms with Gasteiger partial charge < -0.3 is 9.64 Å². The van der Waals surface area contributed by atoms with E-state index >= 15 is 0 Å². The fourth-order valence-electron chi connectivity index (χ4n) is 8.49. The summed E-state index contributed by atoms with van der Waals surface area (Å²) in [7, 11) is 0. The molecule has 0 spiro atoms. The minimum atomic E-state index is -0.756. The summed E-state index contributed by atoms with van der Waals surface area (Å²) in [6.07, 6.45) is 4.65. The van der Waals surface area contributed by atoms with Crippen molar-refractivity contribution in [2.24, 2.45) is 0 Å². The summed E-state index contributed by atoms with van der Waals surface area (Å²) in [4.78, 5) is 5.08. The molecule has 3 heteroatoms. The molecule has 0 amide bonds. The zero-order valence-corrected chi connectivity index (χ0v) is 27.7. The first-order valence-corrected chi connectivity index (χ1v) is 17.3. The van der Waals surface area contributed by atoms with E-state index in [-0.39, 0.29) is 5.41 Å². The van der Waals surface area contributed by atoms with Gasteiger partial charge in [0.2, 0.25) is 0 Å². The van der Waals surface area contributed by atoms with E-state index in [1.165, 1.54) is 44.5 Å². The second-order valence-corrected chi connectivity index (χ2v) is 14.0. The molecule has 1 unspecified atom stereocenters. The van der Waals surface area contributed by atoms with Crippen LogP contribution in [-0.2, 0) is 17.6 Å². The summed E-state index contributed by atoms with van der Waals surface area (Å²) in [5.74, 6) is 0.968. The van der Waals surface area contributed by atoms with Crippen LogP contribution < -0.4 is 9.64 Å². The van der Waals surface area contributed by atoms with Gasteiger partial charge in [-0.15, -0.1) is 0 Å². The monoisotopic (exact) mass is 624 g/mol. The smallest absolute Gasteiger partial charge is 0.178 e. The molecule has 48 heavy (non-hydrogen) atoms. The van der Waals surface area contributed by atoms with Gasteiger partial charge in [0.15, 0.2) is 5.60 Å². The Hall–Kier alpha value is -5.12. The van der Waals surface area contributed by atoms with Crippen LogP contribution in [-0.4, -0.2) is 31.1 Å². The molecule has 3 aliphatic rings. The maximum atomic E-state index is 7.47. The Labute approximate surface area is 283 Å². The summed E-state index contributed by atoms with van der Waals surface area (Å²) in [5, 5.41) is 2.41. The topological polar surface area (TPSA) is 15.7 Å². The van der Waals surface area contributed by atoms with Crippen LogP contribution in [0.2, 0.25) is 0 Å².